The van der Waals surface area contributed by atoms with Gasteiger partial charge in [0.1, 0.15) is 0 Å². The molecule has 8 heteroatoms. The number of urea groups is 1. The number of rotatable bonds is 2. The third-order valence-electron chi connectivity index (χ3n) is 2.33. The van der Waals surface area contributed by atoms with E-state index in [1.165, 1.54) is 0 Å². The molecule has 20 heavy (non-hydrogen) atoms. The largest absolute Gasteiger partial charge is 0.337 e. The summed E-state index contributed by atoms with van der Waals surface area (Å²) in [6.07, 6.45) is 0. The minimum Gasteiger partial charge on any atom is -0.307 e. The molecule has 1 aromatic carbocycles. The topological polar surface area (TPSA) is 98.9 Å². The monoisotopic (exact) mass is 293 g/mol. The fourth-order valence-corrected chi connectivity index (χ4v) is 1.53. The molecule has 0 atom stereocenters. The van der Waals surface area contributed by atoms with Crippen LogP contribution in [0.1, 0.15) is 16.2 Å². The van der Waals surface area contributed by atoms with Crippen molar-refractivity contribution in [3.05, 3.63) is 46.7 Å². The second kappa shape index (κ2) is 6.07. The van der Waals surface area contributed by atoms with E-state index >= 15 is 0 Å². The highest BCUT2D eigenvalue weighted by Gasteiger charge is 2.10. The number of nitrogens with zero attached hydrogens (tertiary/aromatic N) is 1. The Hall–Kier alpha value is -2.54. The highest BCUT2D eigenvalue weighted by Crippen LogP contribution is 2.12. The number of H-pyrrole nitrogens is 1. The van der Waals surface area contributed by atoms with Gasteiger partial charge in [0, 0.05) is 16.4 Å². The molecule has 0 fully saturated rings. The van der Waals surface area contributed by atoms with Crippen molar-refractivity contribution in [2.75, 3.05) is 5.32 Å². The molecule has 0 aliphatic rings. The molecule has 0 saturated carbocycles. The van der Waals surface area contributed by atoms with Crippen molar-refractivity contribution in [1.29, 1.82) is 0 Å². The van der Waals surface area contributed by atoms with E-state index in [1.807, 2.05) is 0 Å². The fraction of sp³-hybridized carbons (Fsp3) is 0.0833. The maximum atomic E-state index is 11.6. The summed E-state index contributed by atoms with van der Waals surface area (Å²) in [4.78, 5) is 23.1. The number of nitrogens with one attached hydrogen (secondary N) is 4. The number of hydrazine groups is 1. The van der Waals surface area contributed by atoms with Crippen LogP contribution in [0.4, 0.5) is 10.5 Å². The molecule has 0 bridgehead atoms. The van der Waals surface area contributed by atoms with Crippen LogP contribution in [0.5, 0.6) is 0 Å². The Balaban J connectivity index is 1.83. The lowest BCUT2D eigenvalue weighted by Crippen LogP contribution is -2.44. The Kier molecular flexibility index (Phi) is 4.21. The average Bonchev–Trinajstić information content (AvgIpc) is 2.85. The smallest absolute Gasteiger partial charge is 0.307 e. The van der Waals surface area contributed by atoms with Crippen molar-refractivity contribution in [2.24, 2.45) is 0 Å². The summed E-state index contributed by atoms with van der Waals surface area (Å²) in [7, 11) is 0. The molecule has 1 aromatic heterocycles. The van der Waals surface area contributed by atoms with Gasteiger partial charge in [-0.2, -0.15) is 5.10 Å². The van der Waals surface area contributed by atoms with Crippen molar-refractivity contribution in [3.63, 3.8) is 0 Å². The van der Waals surface area contributed by atoms with Gasteiger partial charge >= 0.3 is 6.03 Å². The van der Waals surface area contributed by atoms with Gasteiger partial charge < -0.3 is 5.32 Å². The minimum absolute atomic E-state index is 0.189. The maximum Gasteiger partial charge on any atom is 0.337 e. The number of hydrogen-bond acceptors (Lipinski definition) is 3. The maximum absolute atomic E-state index is 11.6. The first kappa shape index (κ1) is 13.9. The Morgan fingerprint density at radius 2 is 1.90 bits per heavy atom. The molecule has 4 N–H and O–H groups in total. The van der Waals surface area contributed by atoms with Crippen LogP contribution in [-0.2, 0) is 0 Å². The summed E-state index contributed by atoms with van der Waals surface area (Å²) in [6, 6.07) is 7.55. The zero-order valence-electron chi connectivity index (χ0n) is 10.5. The molecule has 0 radical (unpaired) electrons. The minimum atomic E-state index is -0.576. The third-order valence-corrected chi connectivity index (χ3v) is 2.58. The van der Waals surface area contributed by atoms with E-state index in [0.717, 1.165) is 5.69 Å². The van der Waals surface area contributed by atoms with Gasteiger partial charge in [-0.15, -0.1) is 0 Å². The third kappa shape index (κ3) is 3.72. The number of hydrogen-bond donors (Lipinski definition) is 4. The van der Waals surface area contributed by atoms with E-state index in [1.54, 1.807) is 37.3 Å². The van der Waals surface area contributed by atoms with Gasteiger partial charge in [0.2, 0.25) is 0 Å². The zero-order chi connectivity index (χ0) is 14.5. The van der Waals surface area contributed by atoms with Crippen molar-refractivity contribution >= 4 is 29.2 Å². The van der Waals surface area contributed by atoms with Crippen LogP contribution in [0.2, 0.25) is 5.02 Å². The number of aromatic amines is 1. The van der Waals surface area contributed by atoms with E-state index in [4.69, 9.17) is 11.6 Å². The zero-order valence-corrected chi connectivity index (χ0v) is 11.3. The number of aromatic nitrogens is 2. The van der Waals surface area contributed by atoms with E-state index in [-0.39, 0.29) is 5.69 Å². The van der Waals surface area contributed by atoms with Crippen LogP contribution < -0.4 is 16.2 Å². The summed E-state index contributed by atoms with van der Waals surface area (Å²) < 4.78 is 0. The Bertz CT molecular complexity index is 623. The quantitative estimate of drug-likeness (QED) is 0.636. The van der Waals surface area contributed by atoms with Crippen molar-refractivity contribution in [1.82, 2.24) is 21.0 Å². The number of amides is 3. The predicted molar refractivity (Wildman–Crippen MR) is 74.4 cm³/mol. The highest BCUT2D eigenvalue weighted by molar-refractivity contribution is 6.30. The van der Waals surface area contributed by atoms with E-state index < -0.39 is 11.9 Å². The first-order chi connectivity index (χ1) is 9.54. The molecule has 0 spiro atoms. The molecule has 7 nitrogen and oxygen atoms in total. The second-order valence-corrected chi connectivity index (χ2v) is 4.41. The first-order valence-electron chi connectivity index (χ1n) is 5.69. The Morgan fingerprint density at radius 3 is 2.50 bits per heavy atom. The SMILES string of the molecule is Cc1cc(C(=O)NNC(=O)Nc2ccc(Cl)cc2)n[nH]1. The van der Waals surface area contributed by atoms with Crippen LogP contribution in [0.25, 0.3) is 0 Å². The van der Waals surface area contributed by atoms with E-state index in [0.29, 0.717) is 10.7 Å². The van der Waals surface area contributed by atoms with E-state index in [9.17, 15) is 9.59 Å². The normalized spacial score (nSPS) is 9.90. The lowest BCUT2D eigenvalue weighted by atomic mass is 10.3. The lowest BCUT2D eigenvalue weighted by Gasteiger charge is -2.07. The number of benzene rings is 1. The summed E-state index contributed by atoms with van der Waals surface area (Å²) in [6.45, 7) is 1.77. The summed E-state index contributed by atoms with van der Waals surface area (Å²) in [5.74, 6) is -0.513. The number of carbonyl (C=O) groups excluding carboxylic acids is 2. The molecule has 0 aliphatic carbocycles. The standard InChI is InChI=1S/C12H12ClN5O2/c1-7-6-10(16-15-7)11(19)17-18-12(20)14-9-4-2-8(13)3-5-9/h2-6H,1H3,(H,15,16)(H,17,19)(H2,14,18,20). The molecular formula is C12H12ClN5O2. The molecule has 0 unspecified atom stereocenters. The number of halogens is 1. The van der Waals surface area contributed by atoms with Crippen LogP contribution in [0.3, 0.4) is 0 Å². The molecule has 1 heterocycles. The summed E-state index contributed by atoms with van der Waals surface area (Å²) >= 11 is 5.73. The molecule has 104 valence electrons. The van der Waals surface area contributed by atoms with Crippen LogP contribution in [0.15, 0.2) is 30.3 Å². The van der Waals surface area contributed by atoms with Gasteiger partial charge in [0.25, 0.3) is 5.91 Å². The van der Waals surface area contributed by atoms with Gasteiger partial charge in [0.05, 0.1) is 0 Å². The van der Waals surface area contributed by atoms with Crippen LogP contribution in [-0.4, -0.2) is 22.1 Å². The van der Waals surface area contributed by atoms with Gasteiger partial charge in [-0.3, -0.25) is 15.3 Å². The predicted octanol–water partition coefficient (Wildman–Crippen LogP) is 1.84. The number of carbonyl (C=O) groups is 2. The average molecular weight is 294 g/mol. The Labute approximate surface area is 119 Å². The molecule has 2 aromatic rings. The molecule has 3 amide bonds. The van der Waals surface area contributed by atoms with E-state index in [2.05, 4.69) is 26.4 Å². The van der Waals surface area contributed by atoms with Gasteiger partial charge in [-0.05, 0) is 37.3 Å². The first-order valence-corrected chi connectivity index (χ1v) is 6.07. The van der Waals surface area contributed by atoms with Gasteiger partial charge in [-0.25, -0.2) is 10.2 Å². The van der Waals surface area contributed by atoms with Gasteiger partial charge in [0.15, 0.2) is 5.69 Å². The van der Waals surface area contributed by atoms with Crippen molar-refractivity contribution in [3.8, 4) is 0 Å². The number of aryl methyl sites for hydroxylation is 1. The summed E-state index contributed by atoms with van der Waals surface area (Å²) in [5, 5.41) is 9.49. The lowest BCUT2D eigenvalue weighted by molar-refractivity contribution is 0.0933. The highest BCUT2D eigenvalue weighted by atomic mass is 35.5. The van der Waals surface area contributed by atoms with Crippen LogP contribution in [0, 0.1) is 6.92 Å². The molecular weight excluding hydrogens is 282 g/mol. The van der Waals surface area contributed by atoms with Crippen molar-refractivity contribution in [2.45, 2.75) is 6.92 Å². The fourth-order valence-electron chi connectivity index (χ4n) is 1.41. The summed E-state index contributed by atoms with van der Waals surface area (Å²) in [5.41, 5.74) is 5.94. The Morgan fingerprint density at radius 1 is 1.20 bits per heavy atom. The number of anilines is 1. The van der Waals surface area contributed by atoms with Gasteiger partial charge in [-0.1, -0.05) is 11.6 Å². The molecule has 2 rings (SSSR count). The molecule has 0 aliphatic heterocycles. The van der Waals surface area contributed by atoms with Crippen LogP contribution >= 0.6 is 11.6 Å². The second-order valence-electron chi connectivity index (χ2n) is 3.98. The molecule has 0 saturated heterocycles. The van der Waals surface area contributed by atoms with Crippen molar-refractivity contribution < 1.29 is 9.59 Å².